The predicted molar refractivity (Wildman–Crippen MR) is 97.3 cm³/mol. The Labute approximate surface area is 142 Å². The van der Waals surface area contributed by atoms with E-state index in [0.717, 1.165) is 19.8 Å². The lowest BCUT2D eigenvalue weighted by atomic mass is 10.2. The highest BCUT2D eigenvalue weighted by Gasteiger charge is 2.22. The molecule has 3 aromatic rings. The lowest BCUT2D eigenvalue weighted by Gasteiger charge is -2.34. The van der Waals surface area contributed by atoms with Gasteiger partial charge in [0.05, 0.1) is 25.9 Å². The van der Waals surface area contributed by atoms with Crippen molar-refractivity contribution in [2.24, 2.45) is 0 Å². The van der Waals surface area contributed by atoms with Crippen molar-refractivity contribution in [1.82, 2.24) is 9.47 Å². The number of aliphatic hydroxyl groups excluding tert-OH is 1. The number of hydrogen-bond donors (Lipinski definition) is 1. The summed E-state index contributed by atoms with van der Waals surface area (Å²) in [5.74, 6) is 0. The van der Waals surface area contributed by atoms with Crippen molar-refractivity contribution in [3.05, 3.63) is 48.5 Å². The molecule has 1 fully saturated rings. The third kappa shape index (κ3) is 2.81. The summed E-state index contributed by atoms with van der Waals surface area (Å²) in [6.07, 6.45) is -0.398. The zero-order chi connectivity index (χ0) is 16.5. The van der Waals surface area contributed by atoms with Gasteiger partial charge in [0, 0.05) is 40.9 Å². The van der Waals surface area contributed by atoms with Crippen LogP contribution >= 0.6 is 0 Å². The Balaban J connectivity index is 1.63. The Kier molecular flexibility index (Phi) is 4.27. The van der Waals surface area contributed by atoms with E-state index in [-0.39, 0.29) is 0 Å². The average molecular weight is 324 g/mol. The lowest BCUT2D eigenvalue weighted by Crippen LogP contribution is -2.47. The van der Waals surface area contributed by atoms with Crippen molar-refractivity contribution in [3.63, 3.8) is 0 Å². The van der Waals surface area contributed by atoms with Crippen LogP contribution in [0.15, 0.2) is 48.5 Å². The molecule has 4 heteroatoms. The fourth-order valence-corrected chi connectivity index (χ4v) is 3.77. The highest BCUT2D eigenvalue weighted by Crippen LogP contribution is 2.28. The Bertz CT molecular complexity index is 789. The van der Waals surface area contributed by atoms with E-state index >= 15 is 0 Å². The van der Waals surface area contributed by atoms with E-state index in [0.29, 0.717) is 19.1 Å². The van der Waals surface area contributed by atoms with Crippen LogP contribution in [-0.4, -0.2) is 53.0 Å². The van der Waals surface area contributed by atoms with E-state index in [1.54, 1.807) is 0 Å². The van der Waals surface area contributed by atoms with E-state index in [9.17, 15) is 5.11 Å². The van der Waals surface area contributed by atoms with Gasteiger partial charge in [-0.25, -0.2) is 0 Å². The molecule has 4 nitrogen and oxygen atoms in total. The predicted octanol–water partition coefficient (Wildman–Crippen LogP) is 2.88. The lowest BCUT2D eigenvalue weighted by molar-refractivity contribution is -0.0218. The molecule has 126 valence electrons. The summed E-state index contributed by atoms with van der Waals surface area (Å²) in [5.41, 5.74) is 2.38. The topological polar surface area (TPSA) is 37.6 Å². The van der Waals surface area contributed by atoms with E-state index in [1.165, 1.54) is 21.8 Å². The first kappa shape index (κ1) is 15.6. The number of fused-ring (bicyclic) bond motifs is 3. The number of benzene rings is 2. The second-order valence-electron chi connectivity index (χ2n) is 6.72. The number of aromatic nitrogens is 1. The molecule has 2 atom stereocenters. The molecule has 2 aromatic carbocycles. The first-order valence-corrected chi connectivity index (χ1v) is 8.70. The van der Waals surface area contributed by atoms with Gasteiger partial charge in [-0.1, -0.05) is 36.4 Å². The van der Waals surface area contributed by atoms with Crippen LogP contribution < -0.4 is 0 Å². The highest BCUT2D eigenvalue weighted by molar-refractivity contribution is 6.07. The second-order valence-corrected chi connectivity index (χ2v) is 6.72. The minimum absolute atomic E-state index is 0.367. The number of nitrogens with zero attached hydrogens (tertiary/aromatic N) is 2. The van der Waals surface area contributed by atoms with Crippen LogP contribution in [0.2, 0.25) is 0 Å². The van der Waals surface area contributed by atoms with Crippen molar-refractivity contribution in [1.29, 1.82) is 0 Å². The minimum Gasteiger partial charge on any atom is -0.390 e. The molecule has 2 heterocycles. The van der Waals surface area contributed by atoms with Gasteiger partial charge in [0.1, 0.15) is 0 Å². The van der Waals surface area contributed by atoms with E-state index < -0.39 is 6.10 Å². The van der Waals surface area contributed by atoms with E-state index in [4.69, 9.17) is 4.74 Å². The van der Waals surface area contributed by atoms with E-state index in [2.05, 4.69) is 64.9 Å². The Hall–Kier alpha value is -1.88. The molecule has 1 N–H and O–H groups in total. The summed E-state index contributed by atoms with van der Waals surface area (Å²) < 4.78 is 7.74. The van der Waals surface area contributed by atoms with Crippen LogP contribution in [0.25, 0.3) is 21.8 Å². The highest BCUT2D eigenvalue weighted by atomic mass is 16.5. The molecule has 24 heavy (non-hydrogen) atoms. The fourth-order valence-electron chi connectivity index (χ4n) is 3.77. The van der Waals surface area contributed by atoms with E-state index in [1.807, 2.05) is 0 Å². The summed E-state index contributed by atoms with van der Waals surface area (Å²) in [6, 6.07) is 17.2. The number of para-hydroxylation sites is 2. The van der Waals surface area contributed by atoms with Gasteiger partial charge in [-0.15, -0.1) is 0 Å². The van der Waals surface area contributed by atoms with Crippen molar-refractivity contribution in [2.45, 2.75) is 25.6 Å². The Morgan fingerprint density at radius 2 is 1.67 bits per heavy atom. The van der Waals surface area contributed by atoms with Crippen molar-refractivity contribution < 1.29 is 9.84 Å². The molecular weight excluding hydrogens is 300 g/mol. The van der Waals surface area contributed by atoms with Crippen LogP contribution in [0, 0.1) is 0 Å². The summed E-state index contributed by atoms with van der Waals surface area (Å²) in [5, 5.41) is 13.2. The molecule has 1 aromatic heterocycles. The standard InChI is InChI=1S/C20H24N2O2/c1-15-14-24-11-10-21(15)12-16(23)13-22-19-8-4-2-6-17(19)18-7-3-5-9-20(18)22/h2-9,15-16,23H,10-14H2,1H3. The summed E-state index contributed by atoms with van der Waals surface area (Å²) in [6.45, 7) is 5.86. The first-order chi connectivity index (χ1) is 11.7. The van der Waals surface area contributed by atoms with Gasteiger partial charge in [0.2, 0.25) is 0 Å². The molecule has 1 saturated heterocycles. The number of rotatable bonds is 4. The van der Waals surface area contributed by atoms with Crippen LogP contribution in [0.5, 0.6) is 0 Å². The molecule has 0 radical (unpaired) electrons. The number of morpholine rings is 1. The van der Waals surface area contributed by atoms with Gasteiger partial charge < -0.3 is 14.4 Å². The van der Waals surface area contributed by atoms with Crippen molar-refractivity contribution in [3.8, 4) is 0 Å². The average Bonchev–Trinajstić information content (AvgIpc) is 2.92. The molecule has 2 unspecified atom stereocenters. The van der Waals surface area contributed by atoms with Crippen LogP contribution in [-0.2, 0) is 11.3 Å². The molecule has 0 spiro atoms. The Morgan fingerprint density at radius 1 is 1.04 bits per heavy atom. The van der Waals surface area contributed by atoms with Gasteiger partial charge in [-0.3, -0.25) is 4.90 Å². The van der Waals surface area contributed by atoms with Gasteiger partial charge in [0.15, 0.2) is 0 Å². The molecule has 0 bridgehead atoms. The third-order valence-corrected chi connectivity index (χ3v) is 5.02. The monoisotopic (exact) mass is 324 g/mol. The minimum atomic E-state index is -0.398. The zero-order valence-electron chi connectivity index (χ0n) is 14.1. The maximum absolute atomic E-state index is 10.7. The first-order valence-electron chi connectivity index (χ1n) is 8.70. The normalized spacial score (nSPS) is 20.7. The molecule has 0 amide bonds. The maximum atomic E-state index is 10.7. The fraction of sp³-hybridized carbons (Fsp3) is 0.400. The van der Waals surface area contributed by atoms with Crippen LogP contribution in [0.3, 0.4) is 0 Å². The number of β-amino-alcohol motifs (C(OH)–C–C–N with tert-alkyl or cyclic N) is 1. The van der Waals surface area contributed by atoms with Crippen LogP contribution in [0.4, 0.5) is 0 Å². The number of ether oxygens (including phenoxy) is 1. The largest absolute Gasteiger partial charge is 0.390 e. The number of aliphatic hydroxyl groups is 1. The summed E-state index contributed by atoms with van der Waals surface area (Å²) in [4.78, 5) is 2.32. The van der Waals surface area contributed by atoms with Gasteiger partial charge in [-0.2, -0.15) is 0 Å². The second kappa shape index (κ2) is 6.55. The quantitative estimate of drug-likeness (QED) is 0.802. The molecule has 4 rings (SSSR count). The molecule has 1 aliphatic rings. The van der Waals surface area contributed by atoms with Crippen molar-refractivity contribution in [2.75, 3.05) is 26.3 Å². The third-order valence-electron chi connectivity index (χ3n) is 5.02. The molecule has 1 aliphatic heterocycles. The summed E-state index contributed by atoms with van der Waals surface area (Å²) >= 11 is 0. The number of hydrogen-bond acceptors (Lipinski definition) is 3. The SMILES string of the molecule is CC1COCCN1CC(O)Cn1c2ccccc2c2ccccc21. The van der Waals surface area contributed by atoms with Gasteiger partial charge >= 0.3 is 0 Å². The van der Waals surface area contributed by atoms with Crippen LogP contribution in [0.1, 0.15) is 6.92 Å². The van der Waals surface area contributed by atoms with Gasteiger partial charge in [-0.05, 0) is 19.1 Å². The molecule has 0 aliphatic carbocycles. The summed E-state index contributed by atoms with van der Waals surface area (Å²) in [7, 11) is 0. The smallest absolute Gasteiger partial charge is 0.0846 e. The molecule has 0 saturated carbocycles. The molecular formula is C20H24N2O2. The van der Waals surface area contributed by atoms with Crippen molar-refractivity contribution >= 4 is 21.8 Å². The van der Waals surface area contributed by atoms with Gasteiger partial charge in [0.25, 0.3) is 0 Å². The zero-order valence-corrected chi connectivity index (χ0v) is 14.1. The maximum Gasteiger partial charge on any atom is 0.0846 e. The Morgan fingerprint density at radius 3 is 2.29 bits per heavy atom.